The predicted molar refractivity (Wildman–Crippen MR) is 42.7 cm³/mol. The Bertz CT molecular complexity index is 146. The molecule has 1 aliphatic heterocycles. The lowest BCUT2D eigenvalue weighted by atomic mass is 10.3. The third-order valence-electron chi connectivity index (χ3n) is 1.67. The smallest absolute Gasteiger partial charge is 0.245 e. The zero-order chi connectivity index (χ0) is 8.81. The summed E-state index contributed by atoms with van der Waals surface area (Å²) in [6, 6.07) is 0. The minimum absolute atomic E-state index is 0.0363. The summed E-state index contributed by atoms with van der Waals surface area (Å²) in [5.41, 5.74) is 0. The Morgan fingerprint density at radius 3 is 3.17 bits per heavy atom. The second-order valence-electron chi connectivity index (χ2n) is 2.66. The molecule has 1 heterocycles. The first-order valence-corrected chi connectivity index (χ1v) is 4.03. The highest BCUT2D eigenvalue weighted by Gasteiger charge is 2.13. The molecule has 3 N–H and O–H groups in total. The zero-order valence-corrected chi connectivity index (χ0v) is 6.88. The van der Waals surface area contributed by atoms with Gasteiger partial charge in [0.15, 0.2) is 0 Å². The van der Waals surface area contributed by atoms with Gasteiger partial charge in [-0.05, 0) is 0 Å². The molecule has 1 aliphatic rings. The van der Waals surface area contributed by atoms with Gasteiger partial charge >= 0.3 is 0 Å². The molecule has 0 aromatic heterocycles. The molecule has 0 unspecified atom stereocenters. The molecule has 1 fully saturated rings. The number of ether oxygens (including phenoxy) is 1. The number of amides is 1. The lowest BCUT2D eigenvalue weighted by molar-refractivity contribution is -0.124. The number of carbonyl (C=O) groups is 1. The van der Waals surface area contributed by atoms with Crippen molar-refractivity contribution in [3.63, 3.8) is 0 Å². The van der Waals surface area contributed by atoms with Crippen LogP contribution in [-0.2, 0) is 9.53 Å². The highest BCUT2D eigenvalue weighted by molar-refractivity contribution is 5.76. The number of rotatable bonds is 3. The van der Waals surface area contributed by atoms with Gasteiger partial charge in [0, 0.05) is 19.6 Å². The van der Waals surface area contributed by atoms with Crippen molar-refractivity contribution < 1.29 is 14.6 Å². The van der Waals surface area contributed by atoms with Crippen molar-refractivity contribution in [2.24, 2.45) is 0 Å². The van der Waals surface area contributed by atoms with Crippen molar-refractivity contribution >= 4 is 5.91 Å². The maximum atomic E-state index is 10.6. The number of nitrogens with one attached hydrogen (secondary N) is 2. The molecule has 5 nitrogen and oxygen atoms in total. The van der Waals surface area contributed by atoms with Gasteiger partial charge < -0.3 is 20.5 Å². The number of aliphatic hydroxyl groups is 1. The van der Waals surface area contributed by atoms with Crippen LogP contribution in [0.4, 0.5) is 0 Å². The Balaban J connectivity index is 2.09. The maximum Gasteiger partial charge on any atom is 0.245 e. The van der Waals surface area contributed by atoms with E-state index in [1.54, 1.807) is 0 Å². The molecule has 0 bridgehead atoms. The van der Waals surface area contributed by atoms with Crippen molar-refractivity contribution in [2.75, 3.05) is 32.8 Å². The predicted octanol–water partition coefficient (Wildman–Crippen LogP) is -1.92. The molecule has 1 saturated heterocycles. The summed E-state index contributed by atoms with van der Waals surface area (Å²) in [7, 11) is 0. The molecule has 0 saturated carbocycles. The second-order valence-corrected chi connectivity index (χ2v) is 2.66. The van der Waals surface area contributed by atoms with Crippen LogP contribution in [0.2, 0.25) is 0 Å². The maximum absolute atomic E-state index is 10.6. The Morgan fingerprint density at radius 1 is 1.75 bits per heavy atom. The zero-order valence-electron chi connectivity index (χ0n) is 6.88. The second kappa shape index (κ2) is 5.08. The van der Waals surface area contributed by atoms with Gasteiger partial charge in [0.1, 0.15) is 6.61 Å². The molecule has 0 aliphatic carbocycles. The van der Waals surface area contributed by atoms with Crippen molar-refractivity contribution in [2.45, 2.75) is 6.10 Å². The lowest BCUT2D eigenvalue weighted by Crippen LogP contribution is -2.45. The highest BCUT2D eigenvalue weighted by atomic mass is 16.5. The minimum atomic E-state index is -0.458. The number of morpholine rings is 1. The fourth-order valence-electron chi connectivity index (χ4n) is 1.03. The van der Waals surface area contributed by atoms with Crippen LogP contribution < -0.4 is 10.6 Å². The van der Waals surface area contributed by atoms with Crippen molar-refractivity contribution in [3.8, 4) is 0 Å². The molecule has 12 heavy (non-hydrogen) atoms. The van der Waals surface area contributed by atoms with E-state index < -0.39 is 6.61 Å². The Kier molecular flexibility index (Phi) is 3.99. The van der Waals surface area contributed by atoms with Crippen LogP contribution in [0.5, 0.6) is 0 Å². The van der Waals surface area contributed by atoms with Gasteiger partial charge in [-0.25, -0.2) is 0 Å². The van der Waals surface area contributed by atoms with Gasteiger partial charge in [-0.1, -0.05) is 0 Å². The summed E-state index contributed by atoms with van der Waals surface area (Å²) < 4.78 is 5.31. The fourth-order valence-corrected chi connectivity index (χ4v) is 1.03. The molecule has 1 atom stereocenters. The lowest BCUT2D eigenvalue weighted by Gasteiger charge is -2.23. The van der Waals surface area contributed by atoms with Crippen LogP contribution in [0.1, 0.15) is 0 Å². The van der Waals surface area contributed by atoms with Gasteiger partial charge in [0.2, 0.25) is 5.91 Å². The first kappa shape index (κ1) is 9.44. The number of hydrogen-bond acceptors (Lipinski definition) is 4. The summed E-state index contributed by atoms with van der Waals surface area (Å²) in [5.74, 6) is -0.357. The molecule has 1 amide bonds. The first-order valence-electron chi connectivity index (χ1n) is 4.03. The quantitative estimate of drug-likeness (QED) is 0.466. The summed E-state index contributed by atoms with van der Waals surface area (Å²) in [6.45, 7) is 2.31. The van der Waals surface area contributed by atoms with Gasteiger partial charge in [0.05, 0.1) is 12.7 Å². The van der Waals surface area contributed by atoms with Crippen LogP contribution in [0.25, 0.3) is 0 Å². The minimum Gasteiger partial charge on any atom is -0.387 e. The molecule has 5 heteroatoms. The van der Waals surface area contributed by atoms with Crippen molar-refractivity contribution in [1.82, 2.24) is 10.6 Å². The average Bonchev–Trinajstić information content (AvgIpc) is 2.16. The normalized spacial score (nSPS) is 23.6. The molecule has 0 radical (unpaired) electrons. The molecule has 1 rings (SSSR count). The third kappa shape index (κ3) is 3.17. The van der Waals surface area contributed by atoms with Crippen LogP contribution in [0.15, 0.2) is 0 Å². The van der Waals surface area contributed by atoms with E-state index >= 15 is 0 Å². The third-order valence-corrected chi connectivity index (χ3v) is 1.67. The molecule has 0 aromatic rings. The summed E-state index contributed by atoms with van der Waals surface area (Å²) in [4.78, 5) is 10.6. The standard InChI is InChI=1S/C7H14N2O3/c10-5-7(11)9-4-6-3-8-1-2-12-6/h6,8,10H,1-5H2,(H,9,11)/t6-/m1/s1. The fraction of sp³-hybridized carbons (Fsp3) is 0.857. The van der Waals surface area contributed by atoms with E-state index in [2.05, 4.69) is 10.6 Å². The van der Waals surface area contributed by atoms with E-state index in [0.29, 0.717) is 13.2 Å². The van der Waals surface area contributed by atoms with E-state index in [1.807, 2.05) is 0 Å². The van der Waals surface area contributed by atoms with E-state index in [-0.39, 0.29) is 12.0 Å². The van der Waals surface area contributed by atoms with E-state index in [0.717, 1.165) is 13.1 Å². The first-order chi connectivity index (χ1) is 5.83. The van der Waals surface area contributed by atoms with Gasteiger partial charge in [-0.2, -0.15) is 0 Å². The van der Waals surface area contributed by atoms with Crippen LogP contribution in [0, 0.1) is 0 Å². The molecule has 0 aromatic carbocycles. The largest absolute Gasteiger partial charge is 0.387 e. The number of carbonyl (C=O) groups excluding carboxylic acids is 1. The van der Waals surface area contributed by atoms with E-state index in [4.69, 9.17) is 9.84 Å². The Hall–Kier alpha value is -0.650. The van der Waals surface area contributed by atoms with E-state index in [9.17, 15) is 4.79 Å². The molecule has 70 valence electrons. The highest BCUT2D eigenvalue weighted by Crippen LogP contribution is 1.93. The van der Waals surface area contributed by atoms with Crippen molar-refractivity contribution in [1.29, 1.82) is 0 Å². The van der Waals surface area contributed by atoms with Crippen molar-refractivity contribution in [3.05, 3.63) is 0 Å². The van der Waals surface area contributed by atoms with Gasteiger partial charge in [-0.3, -0.25) is 4.79 Å². The Labute approximate surface area is 71.1 Å². The van der Waals surface area contributed by atoms with Crippen LogP contribution in [-0.4, -0.2) is 50.0 Å². The average molecular weight is 174 g/mol. The molecular formula is C7H14N2O3. The van der Waals surface area contributed by atoms with Crippen LogP contribution in [0.3, 0.4) is 0 Å². The number of hydrogen-bond donors (Lipinski definition) is 3. The topological polar surface area (TPSA) is 70.6 Å². The van der Waals surface area contributed by atoms with Crippen LogP contribution >= 0.6 is 0 Å². The summed E-state index contributed by atoms with van der Waals surface area (Å²) in [6.07, 6.45) is 0.0363. The number of aliphatic hydroxyl groups excluding tert-OH is 1. The molecule has 0 spiro atoms. The summed E-state index contributed by atoms with van der Waals surface area (Å²) in [5, 5.41) is 14.1. The summed E-state index contributed by atoms with van der Waals surface area (Å²) >= 11 is 0. The SMILES string of the molecule is O=C(CO)NC[C@H]1CNCCO1. The van der Waals surface area contributed by atoms with Gasteiger partial charge in [0.25, 0.3) is 0 Å². The Morgan fingerprint density at radius 2 is 2.58 bits per heavy atom. The van der Waals surface area contributed by atoms with Gasteiger partial charge in [-0.15, -0.1) is 0 Å². The monoisotopic (exact) mass is 174 g/mol. The van der Waals surface area contributed by atoms with E-state index in [1.165, 1.54) is 0 Å². The molecular weight excluding hydrogens is 160 g/mol.